The molecule has 0 aromatic heterocycles. The molecule has 0 amide bonds. The van der Waals surface area contributed by atoms with E-state index >= 15 is 0 Å². The van der Waals surface area contributed by atoms with Crippen molar-refractivity contribution in [1.29, 1.82) is 5.41 Å². The summed E-state index contributed by atoms with van der Waals surface area (Å²) in [7, 11) is 0. The Kier molecular flexibility index (Phi) is 3.07. The maximum atomic E-state index is 13.3. The third-order valence-corrected chi connectivity index (χ3v) is 4.00. The van der Waals surface area contributed by atoms with E-state index in [4.69, 9.17) is 17.0 Å². The largest absolute Gasteiger partial charge is 0.321 e. The molecule has 1 heterocycles. The first-order valence-corrected chi connectivity index (χ1v) is 6.83. The predicted octanol–water partition coefficient (Wildman–Crippen LogP) is 4.59. The second-order valence-corrected chi connectivity index (χ2v) is 5.62. The van der Waals surface area contributed by atoms with Gasteiger partial charge in [-0.05, 0) is 51.8 Å². The number of anilines is 1. The highest BCUT2D eigenvalue weighted by Crippen LogP contribution is 2.35. The lowest BCUT2D eigenvalue weighted by Gasteiger charge is -2.19. The molecule has 2 aromatic rings. The molecule has 0 spiro atoms. The molecular formula is C14H9BrClFN2. The second kappa shape index (κ2) is 4.62. The molecule has 0 bridgehead atoms. The molecule has 0 atom stereocenters. The number of amidine groups is 1. The van der Waals surface area contributed by atoms with Crippen molar-refractivity contribution in [2.75, 3.05) is 4.90 Å². The monoisotopic (exact) mass is 338 g/mol. The molecule has 1 aliphatic heterocycles. The fraction of sp³-hybridized carbons (Fsp3) is 0.0714. The van der Waals surface area contributed by atoms with Gasteiger partial charge < -0.3 is 4.90 Å². The number of halogens is 3. The van der Waals surface area contributed by atoms with E-state index in [0.29, 0.717) is 23.0 Å². The Bertz CT molecular complexity index is 687. The molecule has 0 saturated heterocycles. The van der Waals surface area contributed by atoms with Gasteiger partial charge in [0.2, 0.25) is 0 Å². The van der Waals surface area contributed by atoms with Crippen molar-refractivity contribution in [3.05, 3.63) is 62.8 Å². The van der Waals surface area contributed by atoms with E-state index in [2.05, 4.69) is 15.9 Å². The van der Waals surface area contributed by atoms with E-state index in [1.165, 1.54) is 12.1 Å². The van der Waals surface area contributed by atoms with E-state index in [9.17, 15) is 4.39 Å². The Labute approximate surface area is 123 Å². The predicted molar refractivity (Wildman–Crippen MR) is 78.6 cm³/mol. The van der Waals surface area contributed by atoms with Crippen molar-refractivity contribution in [3.8, 4) is 0 Å². The fourth-order valence-corrected chi connectivity index (χ4v) is 3.10. The quantitative estimate of drug-likeness (QED) is 0.808. The van der Waals surface area contributed by atoms with Crippen molar-refractivity contribution < 1.29 is 4.39 Å². The van der Waals surface area contributed by atoms with Crippen molar-refractivity contribution in [2.45, 2.75) is 6.54 Å². The van der Waals surface area contributed by atoms with Gasteiger partial charge in [-0.15, -0.1) is 0 Å². The number of rotatable bonds is 1. The topological polar surface area (TPSA) is 27.1 Å². The SMILES string of the molecule is N=C1c2cc(F)ccc2CN1c1ccc(Cl)cc1Br. The Morgan fingerprint density at radius 2 is 2.00 bits per heavy atom. The summed E-state index contributed by atoms with van der Waals surface area (Å²) in [6.45, 7) is 0.564. The summed E-state index contributed by atoms with van der Waals surface area (Å²) in [5.74, 6) is -0.0157. The van der Waals surface area contributed by atoms with Crippen LogP contribution in [0.15, 0.2) is 40.9 Å². The van der Waals surface area contributed by atoms with Gasteiger partial charge in [0.05, 0.1) is 12.2 Å². The molecule has 0 fully saturated rings. The maximum absolute atomic E-state index is 13.3. The Morgan fingerprint density at radius 1 is 1.21 bits per heavy atom. The number of hydrogen-bond donors (Lipinski definition) is 1. The van der Waals surface area contributed by atoms with E-state index in [-0.39, 0.29) is 5.82 Å². The molecule has 3 rings (SSSR count). The van der Waals surface area contributed by atoms with Gasteiger partial charge in [-0.2, -0.15) is 0 Å². The van der Waals surface area contributed by atoms with Crippen molar-refractivity contribution in [2.24, 2.45) is 0 Å². The average Bonchev–Trinajstić information content (AvgIpc) is 2.67. The van der Waals surface area contributed by atoms with Gasteiger partial charge in [0.15, 0.2) is 0 Å². The molecule has 0 radical (unpaired) electrons. The van der Waals surface area contributed by atoms with Crippen LogP contribution in [0.5, 0.6) is 0 Å². The molecule has 0 aliphatic carbocycles. The zero-order valence-corrected chi connectivity index (χ0v) is 12.1. The second-order valence-electron chi connectivity index (χ2n) is 4.33. The summed E-state index contributed by atoms with van der Waals surface area (Å²) < 4.78 is 14.1. The lowest BCUT2D eigenvalue weighted by atomic mass is 10.1. The number of benzene rings is 2. The van der Waals surface area contributed by atoms with Crippen LogP contribution in [-0.2, 0) is 6.54 Å². The highest BCUT2D eigenvalue weighted by molar-refractivity contribution is 9.10. The highest BCUT2D eigenvalue weighted by atomic mass is 79.9. The van der Waals surface area contributed by atoms with E-state index in [0.717, 1.165) is 15.7 Å². The minimum absolute atomic E-state index is 0.303. The third kappa shape index (κ3) is 2.15. The molecule has 1 aliphatic rings. The lowest BCUT2D eigenvalue weighted by Crippen LogP contribution is -2.23. The van der Waals surface area contributed by atoms with Crippen LogP contribution in [0.3, 0.4) is 0 Å². The molecular weight excluding hydrogens is 331 g/mol. The van der Waals surface area contributed by atoms with Crippen LogP contribution in [-0.4, -0.2) is 5.84 Å². The lowest BCUT2D eigenvalue weighted by molar-refractivity contribution is 0.627. The molecule has 2 aromatic carbocycles. The average molecular weight is 340 g/mol. The van der Waals surface area contributed by atoms with E-state index in [1.54, 1.807) is 18.2 Å². The van der Waals surface area contributed by atoms with Gasteiger partial charge in [0.25, 0.3) is 0 Å². The molecule has 19 heavy (non-hydrogen) atoms. The normalized spacial score (nSPS) is 13.8. The number of hydrogen-bond acceptors (Lipinski definition) is 1. The number of nitrogens with one attached hydrogen (secondary N) is 1. The summed E-state index contributed by atoms with van der Waals surface area (Å²) >= 11 is 9.37. The van der Waals surface area contributed by atoms with Gasteiger partial charge in [-0.25, -0.2) is 4.39 Å². The third-order valence-electron chi connectivity index (χ3n) is 3.13. The minimum Gasteiger partial charge on any atom is -0.321 e. The Hall–Kier alpha value is -1.39. The summed E-state index contributed by atoms with van der Waals surface area (Å²) in [5.41, 5.74) is 2.45. The van der Waals surface area contributed by atoms with Crippen LogP contribution in [0.1, 0.15) is 11.1 Å². The maximum Gasteiger partial charge on any atom is 0.133 e. The van der Waals surface area contributed by atoms with Gasteiger partial charge in [0, 0.05) is 15.1 Å². The van der Waals surface area contributed by atoms with Crippen LogP contribution >= 0.6 is 27.5 Å². The standard InChI is InChI=1S/C14H9BrClFN2/c15-12-5-9(16)2-4-13(12)19-7-8-1-3-10(17)6-11(8)14(19)18/h1-6,18H,7H2. The molecule has 5 heteroatoms. The van der Waals surface area contributed by atoms with Gasteiger partial charge in [-0.1, -0.05) is 17.7 Å². The van der Waals surface area contributed by atoms with Gasteiger partial charge in [-0.3, -0.25) is 5.41 Å². The van der Waals surface area contributed by atoms with E-state index in [1.807, 2.05) is 11.0 Å². The first-order valence-electron chi connectivity index (χ1n) is 5.66. The van der Waals surface area contributed by atoms with Crippen molar-refractivity contribution >= 4 is 39.1 Å². The van der Waals surface area contributed by atoms with Gasteiger partial charge >= 0.3 is 0 Å². The summed E-state index contributed by atoms with van der Waals surface area (Å²) in [4.78, 5) is 1.82. The smallest absolute Gasteiger partial charge is 0.133 e. The summed E-state index contributed by atoms with van der Waals surface area (Å²) in [6, 6.07) is 9.96. The Morgan fingerprint density at radius 3 is 2.74 bits per heavy atom. The van der Waals surface area contributed by atoms with Crippen LogP contribution in [0.2, 0.25) is 5.02 Å². The highest BCUT2D eigenvalue weighted by Gasteiger charge is 2.26. The zero-order chi connectivity index (χ0) is 13.6. The number of fused-ring (bicyclic) bond motifs is 1. The van der Waals surface area contributed by atoms with Crippen molar-refractivity contribution in [1.82, 2.24) is 0 Å². The molecule has 0 saturated carbocycles. The molecule has 0 unspecified atom stereocenters. The fourth-order valence-electron chi connectivity index (χ4n) is 2.21. The van der Waals surface area contributed by atoms with Crippen LogP contribution in [0.4, 0.5) is 10.1 Å². The minimum atomic E-state index is -0.319. The molecule has 1 N–H and O–H groups in total. The Balaban J connectivity index is 2.04. The van der Waals surface area contributed by atoms with Gasteiger partial charge in [0.1, 0.15) is 11.7 Å². The first-order chi connectivity index (χ1) is 9.06. The summed E-state index contributed by atoms with van der Waals surface area (Å²) in [5, 5.41) is 8.81. The van der Waals surface area contributed by atoms with Crippen molar-refractivity contribution in [3.63, 3.8) is 0 Å². The molecule has 2 nitrogen and oxygen atoms in total. The van der Waals surface area contributed by atoms with Crippen LogP contribution in [0, 0.1) is 11.2 Å². The zero-order valence-electron chi connectivity index (χ0n) is 9.75. The van der Waals surface area contributed by atoms with Crippen LogP contribution in [0.25, 0.3) is 0 Å². The number of nitrogens with zero attached hydrogens (tertiary/aromatic N) is 1. The van der Waals surface area contributed by atoms with E-state index < -0.39 is 0 Å². The summed E-state index contributed by atoms with van der Waals surface area (Å²) in [6.07, 6.45) is 0. The van der Waals surface area contributed by atoms with Crippen LogP contribution < -0.4 is 4.90 Å². The molecule has 96 valence electrons. The first kappa shape index (κ1) is 12.6.